The van der Waals surface area contributed by atoms with Gasteiger partial charge in [0.05, 0.1) is 12.5 Å². The molecule has 0 aliphatic heterocycles. The topological polar surface area (TPSA) is 58.6 Å². The summed E-state index contributed by atoms with van der Waals surface area (Å²) in [5, 5.41) is 13.0. The summed E-state index contributed by atoms with van der Waals surface area (Å²) in [5.41, 5.74) is 0.558. The summed E-state index contributed by atoms with van der Waals surface area (Å²) < 4.78 is 18.2. The van der Waals surface area contributed by atoms with Crippen LogP contribution in [0, 0.1) is 11.7 Å². The Hall–Kier alpha value is -1.62. The largest absolute Gasteiger partial charge is 0.508 e. The first-order valence-corrected chi connectivity index (χ1v) is 7.47. The van der Waals surface area contributed by atoms with Crippen LogP contribution in [0.15, 0.2) is 18.2 Å². The van der Waals surface area contributed by atoms with Crippen LogP contribution in [-0.2, 0) is 16.1 Å². The van der Waals surface area contributed by atoms with Crippen LogP contribution in [0.4, 0.5) is 4.39 Å². The normalized spacial score (nSPS) is 22.0. The van der Waals surface area contributed by atoms with Gasteiger partial charge in [-0.2, -0.15) is 0 Å². The standard InChI is InChI=1S/C16H22FNO3/c1-2-21-16(20)11-3-6-14(7-4-11)18-10-12-9-13(17)5-8-15(12)19/h5,8-9,11,14,18-19H,2-4,6-7,10H2,1H3. The molecule has 116 valence electrons. The van der Waals surface area contributed by atoms with E-state index in [4.69, 9.17) is 4.74 Å². The lowest BCUT2D eigenvalue weighted by Gasteiger charge is -2.28. The monoisotopic (exact) mass is 295 g/mol. The fraction of sp³-hybridized carbons (Fsp3) is 0.562. The van der Waals surface area contributed by atoms with E-state index >= 15 is 0 Å². The van der Waals surface area contributed by atoms with Gasteiger partial charge in [-0.3, -0.25) is 4.79 Å². The molecule has 0 atom stereocenters. The number of esters is 1. The molecular formula is C16H22FNO3. The number of ether oxygens (including phenoxy) is 1. The second-order valence-electron chi connectivity index (χ2n) is 5.45. The van der Waals surface area contributed by atoms with Crippen molar-refractivity contribution in [3.8, 4) is 5.75 Å². The van der Waals surface area contributed by atoms with Crippen LogP contribution in [0.3, 0.4) is 0 Å². The highest BCUT2D eigenvalue weighted by atomic mass is 19.1. The molecule has 1 fully saturated rings. The second kappa shape index (κ2) is 7.41. The number of halogens is 1. The van der Waals surface area contributed by atoms with Gasteiger partial charge < -0.3 is 15.2 Å². The summed E-state index contributed by atoms with van der Waals surface area (Å²) in [7, 11) is 0. The van der Waals surface area contributed by atoms with Gasteiger partial charge >= 0.3 is 5.97 Å². The molecule has 21 heavy (non-hydrogen) atoms. The van der Waals surface area contributed by atoms with Gasteiger partial charge in [-0.15, -0.1) is 0 Å². The van der Waals surface area contributed by atoms with Crippen molar-refractivity contribution in [3.05, 3.63) is 29.6 Å². The van der Waals surface area contributed by atoms with E-state index in [1.807, 2.05) is 6.92 Å². The molecule has 1 aromatic carbocycles. The zero-order valence-electron chi connectivity index (χ0n) is 12.3. The number of carbonyl (C=O) groups excluding carboxylic acids is 1. The Balaban J connectivity index is 1.79. The quantitative estimate of drug-likeness (QED) is 0.820. The Morgan fingerprint density at radius 2 is 2.10 bits per heavy atom. The maximum Gasteiger partial charge on any atom is 0.308 e. The minimum Gasteiger partial charge on any atom is -0.508 e. The van der Waals surface area contributed by atoms with Crippen molar-refractivity contribution in [1.29, 1.82) is 0 Å². The molecule has 2 N–H and O–H groups in total. The van der Waals surface area contributed by atoms with E-state index in [1.54, 1.807) is 0 Å². The molecule has 0 radical (unpaired) electrons. The molecule has 2 rings (SSSR count). The Labute approximate surface area is 124 Å². The summed E-state index contributed by atoms with van der Waals surface area (Å²) >= 11 is 0. The Morgan fingerprint density at radius 3 is 2.76 bits per heavy atom. The van der Waals surface area contributed by atoms with Crippen LogP contribution in [0.1, 0.15) is 38.2 Å². The molecule has 4 nitrogen and oxygen atoms in total. The highest BCUT2D eigenvalue weighted by Crippen LogP contribution is 2.26. The van der Waals surface area contributed by atoms with Crippen molar-refractivity contribution in [3.63, 3.8) is 0 Å². The molecular weight excluding hydrogens is 273 g/mol. The van der Waals surface area contributed by atoms with Gasteiger partial charge in [-0.1, -0.05) is 0 Å². The molecule has 0 spiro atoms. The first-order chi connectivity index (χ1) is 10.1. The minimum absolute atomic E-state index is 0.00516. The zero-order chi connectivity index (χ0) is 15.2. The third-order valence-electron chi connectivity index (χ3n) is 3.97. The van der Waals surface area contributed by atoms with Crippen molar-refractivity contribution < 1.29 is 19.0 Å². The highest BCUT2D eigenvalue weighted by Gasteiger charge is 2.26. The van der Waals surface area contributed by atoms with Crippen molar-refractivity contribution >= 4 is 5.97 Å². The van der Waals surface area contributed by atoms with Gasteiger partial charge in [0, 0.05) is 18.2 Å². The Morgan fingerprint density at radius 1 is 1.38 bits per heavy atom. The summed E-state index contributed by atoms with van der Waals surface area (Å²) in [6.45, 7) is 2.67. The average molecular weight is 295 g/mol. The predicted molar refractivity (Wildman–Crippen MR) is 77.3 cm³/mol. The third kappa shape index (κ3) is 4.43. The van der Waals surface area contributed by atoms with E-state index in [9.17, 15) is 14.3 Å². The molecule has 0 heterocycles. The number of phenols is 1. The fourth-order valence-electron chi connectivity index (χ4n) is 2.74. The number of hydrogen-bond donors (Lipinski definition) is 2. The van der Waals surface area contributed by atoms with Crippen molar-refractivity contribution in [2.75, 3.05) is 6.61 Å². The van der Waals surface area contributed by atoms with Gasteiger partial charge in [-0.05, 0) is 50.8 Å². The molecule has 1 saturated carbocycles. The number of benzene rings is 1. The van der Waals surface area contributed by atoms with Gasteiger partial charge in [0.15, 0.2) is 0 Å². The Bertz CT molecular complexity index is 484. The van der Waals surface area contributed by atoms with Crippen molar-refractivity contribution in [2.24, 2.45) is 5.92 Å². The second-order valence-corrected chi connectivity index (χ2v) is 5.45. The van der Waals surface area contributed by atoms with Crippen LogP contribution in [0.5, 0.6) is 5.75 Å². The third-order valence-corrected chi connectivity index (χ3v) is 3.97. The van der Waals surface area contributed by atoms with Crippen LogP contribution >= 0.6 is 0 Å². The number of nitrogens with one attached hydrogen (secondary N) is 1. The minimum atomic E-state index is -0.351. The fourth-order valence-corrected chi connectivity index (χ4v) is 2.74. The summed E-state index contributed by atoms with van der Waals surface area (Å²) in [4.78, 5) is 11.6. The van der Waals surface area contributed by atoms with E-state index in [0.29, 0.717) is 24.8 Å². The first-order valence-electron chi connectivity index (χ1n) is 7.47. The summed E-state index contributed by atoms with van der Waals surface area (Å²) in [6.07, 6.45) is 3.40. The molecule has 0 amide bonds. The van der Waals surface area contributed by atoms with E-state index < -0.39 is 0 Å². The SMILES string of the molecule is CCOC(=O)C1CCC(NCc2cc(F)ccc2O)CC1. The zero-order valence-corrected chi connectivity index (χ0v) is 12.3. The smallest absolute Gasteiger partial charge is 0.308 e. The summed E-state index contributed by atoms with van der Waals surface area (Å²) in [6, 6.07) is 4.23. The van der Waals surface area contributed by atoms with Gasteiger partial charge in [0.1, 0.15) is 11.6 Å². The molecule has 1 aliphatic rings. The molecule has 5 heteroatoms. The Kier molecular flexibility index (Phi) is 5.56. The molecule has 1 aliphatic carbocycles. The number of aromatic hydroxyl groups is 1. The van der Waals surface area contributed by atoms with Crippen LogP contribution in [0.2, 0.25) is 0 Å². The first kappa shape index (κ1) is 15.8. The maximum atomic E-state index is 13.1. The van der Waals surface area contributed by atoms with Crippen molar-refractivity contribution in [1.82, 2.24) is 5.32 Å². The van der Waals surface area contributed by atoms with Gasteiger partial charge in [0.2, 0.25) is 0 Å². The van der Waals surface area contributed by atoms with E-state index in [-0.39, 0.29) is 23.5 Å². The number of carbonyl (C=O) groups is 1. The summed E-state index contributed by atoms with van der Waals surface area (Å²) in [5.74, 6) is -0.343. The lowest BCUT2D eigenvalue weighted by molar-refractivity contribution is -0.149. The predicted octanol–water partition coefficient (Wildman–Crippen LogP) is 2.74. The number of rotatable bonds is 5. The molecule has 0 unspecified atom stereocenters. The molecule has 0 saturated heterocycles. The lowest BCUT2D eigenvalue weighted by atomic mass is 9.86. The molecule has 0 bridgehead atoms. The van der Waals surface area contributed by atoms with E-state index in [2.05, 4.69) is 5.32 Å². The number of phenolic OH excluding ortho intramolecular Hbond substituents is 1. The maximum absolute atomic E-state index is 13.1. The lowest BCUT2D eigenvalue weighted by Crippen LogP contribution is -2.35. The van der Waals surface area contributed by atoms with E-state index in [0.717, 1.165) is 25.7 Å². The van der Waals surface area contributed by atoms with E-state index in [1.165, 1.54) is 18.2 Å². The number of hydrogen-bond acceptors (Lipinski definition) is 4. The highest BCUT2D eigenvalue weighted by molar-refractivity contribution is 5.72. The van der Waals surface area contributed by atoms with Gasteiger partial charge in [0.25, 0.3) is 0 Å². The van der Waals surface area contributed by atoms with Crippen LogP contribution in [0.25, 0.3) is 0 Å². The van der Waals surface area contributed by atoms with Gasteiger partial charge in [-0.25, -0.2) is 4.39 Å². The van der Waals surface area contributed by atoms with Crippen LogP contribution in [-0.4, -0.2) is 23.7 Å². The molecule has 1 aromatic rings. The average Bonchev–Trinajstić information content (AvgIpc) is 2.49. The van der Waals surface area contributed by atoms with Crippen molar-refractivity contribution in [2.45, 2.75) is 45.2 Å². The van der Waals surface area contributed by atoms with Crippen LogP contribution < -0.4 is 5.32 Å². The molecule has 0 aromatic heterocycles.